The molecular formula is C33H45BrN2O5S. The number of aryl methyl sites for hydroxylation is 2. The minimum Gasteiger partial charge on any atom is -0.465 e. The Bertz CT molecular complexity index is 1160. The number of aliphatic hydroxyl groups is 1. The number of esters is 1. The molecule has 3 fully saturated rings. The number of fused-ring (bicyclic) bond motifs is 1. The normalized spacial score (nSPS) is 27.7. The number of nitrogens with zero attached hydrogens (tertiary/aromatic N) is 2. The monoisotopic (exact) mass is 660 g/mol. The standard InChI is InChI=1S/C33H45BrN2O5S/c1-5-7-8-13-20-41-32(40)25-26-30(38)36(18-11-9-10-12-19-37)29(33(26)21-24(34)28(25)42-33)31(39)35(17-6-2)27-22(3)15-14-16-23(27)4/h5-6,14-16,24-26,28-29,37H,1-2,7-13,17-21H2,3-4H3/t24?,25-,26-,28-,29?,33?/m0/s1. The Hall–Kier alpha value is -2.10. The van der Waals surface area contributed by atoms with Crippen molar-refractivity contribution in [2.45, 2.75) is 86.1 Å². The number of likely N-dealkylation sites (tertiary alicyclic amines) is 1. The summed E-state index contributed by atoms with van der Waals surface area (Å²) in [5.41, 5.74) is 2.82. The lowest BCUT2D eigenvalue weighted by Crippen LogP contribution is -2.56. The second-order valence-corrected chi connectivity index (χ2v) is 14.5. The number of allylic oxidation sites excluding steroid dienone is 1. The van der Waals surface area contributed by atoms with Crippen LogP contribution in [-0.2, 0) is 19.1 Å². The van der Waals surface area contributed by atoms with E-state index in [0.717, 1.165) is 55.3 Å². The number of anilines is 1. The summed E-state index contributed by atoms with van der Waals surface area (Å²) in [6, 6.07) is 5.27. The van der Waals surface area contributed by atoms with Crippen LogP contribution in [0.2, 0.25) is 0 Å². The van der Waals surface area contributed by atoms with E-state index in [4.69, 9.17) is 4.74 Å². The van der Waals surface area contributed by atoms with Crippen LogP contribution in [0.1, 0.15) is 62.5 Å². The van der Waals surface area contributed by atoms with E-state index in [9.17, 15) is 19.5 Å². The smallest absolute Gasteiger partial charge is 0.310 e. The first-order chi connectivity index (χ1) is 20.2. The summed E-state index contributed by atoms with van der Waals surface area (Å²) < 4.78 is 5.04. The zero-order valence-electron chi connectivity index (χ0n) is 24.9. The molecule has 3 aliphatic rings. The lowest BCUT2D eigenvalue weighted by Gasteiger charge is -2.38. The van der Waals surface area contributed by atoms with Crippen LogP contribution in [0.3, 0.4) is 0 Å². The zero-order chi connectivity index (χ0) is 30.4. The van der Waals surface area contributed by atoms with Crippen LogP contribution in [-0.4, -0.2) is 75.0 Å². The molecule has 3 heterocycles. The molecule has 2 amide bonds. The van der Waals surface area contributed by atoms with Crippen molar-refractivity contribution in [3.8, 4) is 0 Å². The van der Waals surface area contributed by atoms with E-state index >= 15 is 0 Å². The number of benzene rings is 1. The average molecular weight is 662 g/mol. The Morgan fingerprint density at radius 2 is 1.86 bits per heavy atom. The van der Waals surface area contributed by atoms with Gasteiger partial charge in [-0.2, -0.15) is 0 Å². The highest BCUT2D eigenvalue weighted by Gasteiger charge is 2.76. The van der Waals surface area contributed by atoms with E-state index in [1.807, 2.05) is 38.1 Å². The van der Waals surface area contributed by atoms with Gasteiger partial charge in [-0.05, 0) is 63.5 Å². The molecule has 9 heteroatoms. The summed E-state index contributed by atoms with van der Waals surface area (Å²) in [4.78, 5) is 46.3. The lowest BCUT2D eigenvalue weighted by atomic mass is 9.71. The summed E-state index contributed by atoms with van der Waals surface area (Å²) in [6.45, 7) is 12.9. The number of aliphatic hydroxyl groups excluding tert-OH is 1. The van der Waals surface area contributed by atoms with E-state index in [2.05, 4.69) is 29.1 Å². The van der Waals surface area contributed by atoms with Crippen LogP contribution in [0, 0.1) is 25.7 Å². The van der Waals surface area contributed by atoms with Gasteiger partial charge in [-0.1, -0.05) is 59.1 Å². The SMILES string of the molecule is C=CCCCCOC(=O)[C@H]1[C@H]2C(=O)N(CCCCCCO)C(C(=O)N(CC=C)c3c(C)cccc3C)C23CC(Br)[C@@H]1S3. The molecule has 42 heavy (non-hydrogen) atoms. The molecule has 3 unspecified atom stereocenters. The Morgan fingerprint density at radius 3 is 2.52 bits per heavy atom. The number of halogens is 1. The molecule has 4 rings (SSSR count). The third-order valence-corrected chi connectivity index (χ3v) is 12.2. The van der Waals surface area contributed by atoms with Crippen molar-refractivity contribution >= 4 is 51.2 Å². The number of rotatable bonds is 16. The first-order valence-electron chi connectivity index (χ1n) is 15.2. The molecule has 0 aliphatic carbocycles. The van der Waals surface area contributed by atoms with Gasteiger partial charge < -0.3 is 19.6 Å². The van der Waals surface area contributed by atoms with Crippen molar-refractivity contribution in [2.75, 3.05) is 31.2 Å². The van der Waals surface area contributed by atoms with E-state index in [-0.39, 0.29) is 34.5 Å². The number of unbranched alkanes of at least 4 members (excludes halogenated alkanes) is 5. The maximum Gasteiger partial charge on any atom is 0.310 e. The van der Waals surface area contributed by atoms with E-state index in [1.165, 1.54) is 0 Å². The summed E-state index contributed by atoms with van der Waals surface area (Å²) in [6.07, 6.45) is 9.88. The van der Waals surface area contributed by atoms with Crippen molar-refractivity contribution in [1.29, 1.82) is 0 Å². The van der Waals surface area contributed by atoms with Crippen LogP contribution in [0.25, 0.3) is 0 Å². The Kier molecular flexibility index (Phi) is 11.4. The molecule has 1 aromatic rings. The molecule has 1 spiro atoms. The van der Waals surface area contributed by atoms with E-state index < -0.39 is 22.6 Å². The van der Waals surface area contributed by atoms with Crippen molar-refractivity contribution < 1.29 is 24.2 Å². The molecule has 1 aromatic carbocycles. The first kappa shape index (κ1) is 32.8. The van der Waals surface area contributed by atoms with Crippen molar-refractivity contribution in [1.82, 2.24) is 4.90 Å². The van der Waals surface area contributed by atoms with Gasteiger partial charge in [0.15, 0.2) is 0 Å². The van der Waals surface area contributed by atoms with Gasteiger partial charge in [-0.25, -0.2) is 0 Å². The highest BCUT2D eigenvalue weighted by atomic mass is 79.9. The van der Waals surface area contributed by atoms with Crippen LogP contribution < -0.4 is 4.90 Å². The second kappa shape index (κ2) is 14.6. The molecule has 1 N–H and O–H groups in total. The average Bonchev–Trinajstić information content (AvgIpc) is 3.55. The largest absolute Gasteiger partial charge is 0.465 e. The molecule has 7 nitrogen and oxygen atoms in total. The van der Waals surface area contributed by atoms with Gasteiger partial charge in [0.25, 0.3) is 5.91 Å². The van der Waals surface area contributed by atoms with Crippen molar-refractivity contribution in [3.63, 3.8) is 0 Å². The number of hydrogen-bond donors (Lipinski definition) is 1. The Balaban J connectivity index is 1.69. The molecule has 0 aromatic heterocycles. The third kappa shape index (κ3) is 6.25. The number of hydrogen-bond acceptors (Lipinski definition) is 6. The number of amides is 2. The van der Waals surface area contributed by atoms with Gasteiger partial charge in [0.2, 0.25) is 5.91 Å². The fourth-order valence-electron chi connectivity index (χ4n) is 7.13. The van der Waals surface area contributed by atoms with Crippen molar-refractivity contribution in [2.24, 2.45) is 11.8 Å². The predicted octanol–water partition coefficient (Wildman–Crippen LogP) is 5.74. The van der Waals surface area contributed by atoms with Crippen LogP contribution >= 0.6 is 27.7 Å². The Labute approximate surface area is 263 Å². The fraction of sp³-hybridized carbons (Fsp3) is 0.606. The van der Waals surface area contributed by atoms with Gasteiger partial charge in [0, 0.05) is 35.5 Å². The summed E-state index contributed by atoms with van der Waals surface area (Å²) >= 11 is 5.48. The zero-order valence-corrected chi connectivity index (χ0v) is 27.3. The quantitative estimate of drug-likeness (QED) is 0.105. The number of alkyl halides is 1. The minimum atomic E-state index is -0.722. The summed E-state index contributed by atoms with van der Waals surface area (Å²) in [5.74, 6) is -1.76. The van der Waals surface area contributed by atoms with Gasteiger partial charge in [0.05, 0.1) is 23.2 Å². The summed E-state index contributed by atoms with van der Waals surface area (Å²) in [7, 11) is 0. The topological polar surface area (TPSA) is 87.1 Å². The first-order valence-corrected chi connectivity index (χ1v) is 17.0. The van der Waals surface area contributed by atoms with E-state index in [1.54, 1.807) is 27.6 Å². The highest BCUT2D eigenvalue weighted by molar-refractivity contribution is 9.09. The number of carbonyl (C=O) groups excluding carboxylic acids is 3. The molecule has 0 radical (unpaired) electrons. The highest BCUT2D eigenvalue weighted by Crippen LogP contribution is 2.68. The van der Waals surface area contributed by atoms with Crippen molar-refractivity contribution in [3.05, 3.63) is 54.6 Å². The molecule has 6 atom stereocenters. The maximum atomic E-state index is 14.8. The van der Waals surface area contributed by atoms with Gasteiger partial charge in [-0.3, -0.25) is 14.4 Å². The molecule has 230 valence electrons. The van der Waals surface area contributed by atoms with Gasteiger partial charge >= 0.3 is 5.97 Å². The van der Waals surface area contributed by atoms with Gasteiger partial charge in [-0.15, -0.1) is 24.9 Å². The predicted molar refractivity (Wildman–Crippen MR) is 173 cm³/mol. The fourth-order valence-corrected chi connectivity index (χ4v) is 10.7. The molecule has 3 aliphatic heterocycles. The van der Waals surface area contributed by atoms with E-state index in [0.29, 0.717) is 32.5 Å². The van der Waals surface area contributed by atoms with Crippen LogP contribution in [0.4, 0.5) is 5.69 Å². The number of thioether (sulfide) groups is 1. The molecular weight excluding hydrogens is 616 g/mol. The molecule has 2 bridgehead atoms. The Morgan fingerprint density at radius 1 is 1.14 bits per heavy atom. The minimum absolute atomic E-state index is 0.00211. The lowest BCUT2D eigenvalue weighted by molar-refractivity contribution is -0.154. The van der Waals surface area contributed by atoms with Crippen LogP contribution in [0.5, 0.6) is 0 Å². The number of ether oxygens (including phenoxy) is 1. The third-order valence-electron chi connectivity index (χ3n) is 8.94. The second-order valence-electron chi connectivity index (χ2n) is 11.8. The maximum absolute atomic E-state index is 14.8. The number of carbonyl (C=O) groups is 3. The number of para-hydroxylation sites is 1. The summed E-state index contributed by atoms with van der Waals surface area (Å²) in [5, 5.41) is 9.08. The molecule has 3 saturated heterocycles. The van der Waals surface area contributed by atoms with Gasteiger partial charge in [0.1, 0.15) is 6.04 Å². The van der Waals surface area contributed by atoms with Crippen LogP contribution in [0.15, 0.2) is 43.5 Å². The molecule has 0 saturated carbocycles.